The van der Waals surface area contributed by atoms with Gasteiger partial charge in [-0.2, -0.15) is 0 Å². The molecule has 1 aliphatic rings. The van der Waals surface area contributed by atoms with Crippen LogP contribution in [-0.4, -0.2) is 47.6 Å². The summed E-state index contributed by atoms with van der Waals surface area (Å²) in [4.78, 5) is 14.1. The predicted molar refractivity (Wildman–Crippen MR) is 212 cm³/mol. The quantitative estimate of drug-likeness (QED) is 0.170. The molecule has 0 aromatic heterocycles. The van der Waals surface area contributed by atoms with Crippen molar-refractivity contribution in [1.82, 2.24) is 9.99 Å². The summed E-state index contributed by atoms with van der Waals surface area (Å²) in [7, 11) is -5.14. The maximum atomic E-state index is 14.4. The highest BCUT2D eigenvalue weighted by Crippen LogP contribution is 2.63. The van der Waals surface area contributed by atoms with Gasteiger partial charge in [0.2, 0.25) is 5.91 Å². The van der Waals surface area contributed by atoms with Gasteiger partial charge >= 0.3 is 0 Å². The normalized spacial score (nSPS) is 17.0. The van der Waals surface area contributed by atoms with Gasteiger partial charge in [-0.05, 0) is 88.3 Å². The molecule has 1 fully saturated rings. The standard InChI is InChI=1S/C42H62N2O3P2/c1-11-40(5,6)32-47-49(46,39(2,3)4)44-29-27-34(28-30-44)43-38(45)42(9,10)31-41(7,8)33-48(35-21-15-12-16-22-35,36-23-17-13-18-24-36)37-25-19-14-20-26-37/h12-26,34H,11,27-33H2,1-10H3/p+1. The average Bonchev–Trinajstić information content (AvgIpc) is 3.06. The second-order valence-electron chi connectivity index (χ2n) is 17.4. The van der Waals surface area contributed by atoms with E-state index < -0.39 is 25.4 Å². The van der Waals surface area contributed by atoms with Crippen LogP contribution in [0.25, 0.3) is 0 Å². The number of hydrogen-bond acceptors (Lipinski definition) is 3. The van der Waals surface area contributed by atoms with Crippen LogP contribution in [0.2, 0.25) is 0 Å². The summed E-state index contributed by atoms with van der Waals surface area (Å²) >= 11 is 0. The Morgan fingerprint density at radius 2 is 1.18 bits per heavy atom. The number of nitrogens with one attached hydrogen (secondary N) is 1. The second kappa shape index (κ2) is 15.5. The minimum Gasteiger partial charge on any atom is -0.353 e. The van der Waals surface area contributed by atoms with Gasteiger partial charge in [-0.3, -0.25) is 9.36 Å². The van der Waals surface area contributed by atoms with Gasteiger partial charge in [0.15, 0.2) is 0 Å². The highest BCUT2D eigenvalue weighted by atomic mass is 31.2. The first kappa shape index (κ1) is 39.5. The van der Waals surface area contributed by atoms with Crippen molar-refractivity contribution >= 4 is 36.6 Å². The van der Waals surface area contributed by atoms with E-state index in [0.717, 1.165) is 31.8 Å². The van der Waals surface area contributed by atoms with Gasteiger partial charge < -0.3 is 9.84 Å². The highest BCUT2D eigenvalue weighted by Gasteiger charge is 2.51. The van der Waals surface area contributed by atoms with Crippen molar-refractivity contribution in [3.8, 4) is 0 Å². The van der Waals surface area contributed by atoms with Crippen molar-refractivity contribution in [1.29, 1.82) is 0 Å². The number of rotatable bonds is 14. The third kappa shape index (κ3) is 9.34. The summed E-state index contributed by atoms with van der Waals surface area (Å²) in [5.41, 5.74) is -0.754. The molecule has 0 spiro atoms. The van der Waals surface area contributed by atoms with Gasteiger partial charge in [-0.15, -0.1) is 0 Å². The monoisotopic (exact) mass is 705 g/mol. The van der Waals surface area contributed by atoms with Gasteiger partial charge in [0.05, 0.1) is 17.9 Å². The molecule has 49 heavy (non-hydrogen) atoms. The smallest absolute Gasteiger partial charge is 0.277 e. The molecular formula is C42H63N2O3P2+. The van der Waals surface area contributed by atoms with Gasteiger partial charge in [0, 0.05) is 30.0 Å². The van der Waals surface area contributed by atoms with Crippen molar-refractivity contribution in [2.24, 2.45) is 16.2 Å². The minimum absolute atomic E-state index is 0.0303. The first-order valence-corrected chi connectivity index (χ1v) is 21.8. The van der Waals surface area contributed by atoms with Crippen molar-refractivity contribution in [2.45, 2.75) is 106 Å². The highest BCUT2D eigenvalue weighted by molar-refractivity contribution is 7.95. The van der Waals surface area contributed by atoms with Gasteiger partial charge in [-0.25, -0.2) is 4.67 Å². The van der Waals surface area contributed by atoms with Crippen molar-refractivity contribution in [3.63, 3.8) is 0 Å². The zero-order valence-electron chi connectivity index (χ0n) is 32.0. The van der Waals surface area contributed by atoms with Crippen LogP contribution in [0.15, 0.2) is 91.0 Å². The fourth-order valence-electron chi connectivity index (χ4n) is 7.46. The van der Waals surface area contributed by atoms with Crippen LogP contribution >= 0.6 is 14.8 Å². The maximum Gasteiger partial charge on any atom is 0.277 e. The van der Waals surface area contributed by atoms with E-state index in [9.17, 15) is 9.36 Å². The van der Waals surface area contributed by atoms with Crippen molar-refractivity contribution < 1.29 is 13.9 Å². The Hall–Kier alpha value is -2.29. The summed E-state index contributed by atoms with van der Waals surface area (Å²) < 4.78 is 22.9. The Bertz CT molecular complexity index is 1440. The predicted octanol–water partition coefficient (Wildman–Crippen LogP) is 9.45. The van der Waals surface area contributed by atoms with E-state index >= 15 is 0 Å². The summed E-state index contributed by atoms with van der Waals surface area (Å²) in [5, 5.41) is 7.04. The van der Waals surface area contributed by atoms with Gasteiger partial charge in [0.25, 0.3) is 7.52 Å². The van der Waals surface area contributed by atoms with E-state index in [-0.39, 0.29) is 22.8 Å². The van der Waals surface area contributed by atoms with Crippen LogP contribution in [0.1, 0.15) is 94.9 Å². The fraction of sp³-hybridized carbons (Fsp3) is 0.548. The molecule has 1 atom stereocenters. The molecule has 3 aromatic rings. The van der Waals surface area contributed by atoms with E-state index in [1.54, 1.807) is 0 Å². The number of carbonyl (C=O) groups excluding carboxylic acids is 1. The van der Waals surface area contributed by atoms with Crippen LogP contribution < -0.4 is 21.2 Å². The van der Waals surface area contributed by atoms with E-state index in [1.165, 1.54) is 15.9 Å². The molecule has 0 saturated carbocycles. The molecule has 1 amide bonds. The number of benzene rings is 3. The molecule has 1 aliphatic heterocycles. The Morgan fingerprint density at radius 1 is 0.755 bits per heavy atom. The van der Waals surface area contributed by atoms with E-state index in [1.807, 2.05) is 20.8 Å². The largest absolute Gasteiger partial charge is 0.353 e. The first-order chi connectivity index (χ1) is 22.9. The average molecular weight is 706 g/mol. The molecule has 1 heterocycles. The molecule has 0 bridgehead atoms. The zero-order chi connectivity index (χ0) is 36.1. The summed E-state index contributed by atoms with van der Waals surface area (Å²) in [6.45, 7) is 23.2. The first-order valence-electron chi connectivity index (χ1n) is 18.2. The molecule has 1 N–H and O–H groups in total. The molecule has 268 valence electrons. The zero-order valence-corrected chi connectivity index (χ0v) is 33.7. The lowest BCUT2D eigenvalue weighted by Crippen LogP contribution is -2.50. The second-order valence-corrected chi connectivity index (χ2v) is 24.1. The topological polar surface area (TPSA) is 58.6 Å². The maximum absolute atomic E-state index is 14.4. The van der Waals surface area contributed by atoms with Crippen LogP contribution in [0.4, 0.5) is 0 Å². The van der Waals surface area contributed by atoms with Crippen molar-refractivity contribution in [2.75, 3.05) is 25.9 Å². The SMILES string of the molecule is CCC(C)(C)COP(=O)(N1CCC(NC(=O)C(C)(C)CC(C)(C)C[P+](c2ccccc2)(c2ccccc2)c2ccccc2)CC1)C(C)(C)C. The van der Waals surface area contributed by atoms with Gasteiger partial charge in [0.1, 0.15) is 23.2 Å². The number of amides is 1. The lowest BCUT2D eigenvalue weighted by atomic mass is 9.75. The van der Waals surface area contributed by atoms with E-state index in [0.29, 0.717) is 19.7 Å². The molecule has 4 rings (SSSR count). The summed E-state index contributed by atoms with van der Waals surface area (Å²) in [5.74, 6) is 0.0991. The number of piperidine rings is 1. The molecule has 1 unspecified atom stereocenters. The lowest BCUT2D eigenvalue weighted by molar-refractivity contribution is -0.131. The molecule has 0 radical (unpaired) electrons. The summed E-state index contributed by atoms with van der Waals surface area (Å²) in [6, 6.07) is 33.0. The Labute approximate surface area is 298 Å². The third-order valence-corrected chi connectivity index (χ3v) is 18.6. The fourth-order valence-corrected chi connectivity index (χ4v) is 15.0. The number of hydrogen-bond donors (Lipinski definition) is 1. The van der Waals surface area contributed by atoms with Crippen LogP contribution in [-0.2, 0) is 13.9 Å². The lowest BCUT2D eigenvalue weighted by Gasteiger charge is -2.44. The van der Waals surface area contributed by atoms with Crippen LogP contribution in [0, 0.1) is 16.2 Å². The van der Waals surface area contributed by atoms with E-state index in [2.05, 4.69) is 149 Å². The van der Waals surface area contributed by atoms with Crippen LogP contribution in [0.3, 0.4) is 0 Å². The molecule has 5 nitrogen and oxygen atoms in total. The summed E-state index contributed by atoms with van der Waals surface area (Å²) in [6.07, 6.45) is 4.18. The molecular weight excluding hydrogens is 642 g/mol. The van der Waals surface area contributed by atoms with Crippen LogP contribution in [0.5, 0.6) is 0 Å². The third-order valence-electron chi connectivity index (χ3n) is 10.4. The molecule has 7 heteroatoms. The van der Waals surface area contributed by atoms with Crippen molar-refractivity contribution in [3.05, 3.63) is 91.0 Å². The Kier molecular flexibility index (Phi) is 12.5. The number of carbonyl (C=O) groups is 1. The Balaban J connectivity index is 1.51. The minimum atomic E-state index is -3.08. The molecule has 3 aromatic carbocycles. The van der Waals surface area contributed by atoms with Gasteiger partial charge in [-0.1, -0.05) is 103 Å². The number of nitrogens with zero attached hydrogens (tertiary/aromatic N) is 1. The molecule has 1 saturated heterocycles. The van der Waals surface area contributed by atoms with E-state index in [4.69, 9.17) is 4.52 Å². The molecule has 0 aliphatic carbocycles. The Morgan fingerprint density at radius 3 is 1.57 bits per heavy atom.